The van der Waals surface area contributed by atoms with Crippen LogP contribution in [0.5, 0.6) is 0 Å². The molecule has 1 aliphatic rings. The van der Waals surface area contributed by atoms with Gasteiger partial charge in [0.25, 0.3) is 11.1 Å². The van der Waals surface area contributed by atoms with Crippen LogP contribution in [0.15, 0.2) is 0 Å². The molecule has 7 heteroatoms. The van der Waals surface area contributed by atoms with E-state index in [0.29, 0.717) is 13.1 Å². The van der Waals surface area contributed by atoms with Gasteiger partial charge in [-0.25, -0.2) is 5.01 Å². The summed E-state index contributed by atoms with van der Waals surface area (Å²) in [4.78, 5) is 21.9. The van der Waals surface area contributed by atoms with Gasteiger partial charge in [0.15, 0.2) is 5.37 Å². The number of carbonyl (C=O) groups excluding carboxylic acids is 2. The second-order valence-electron chi connectivity index (χ2n) is 2.59. The van der Waals surface area contributed by atoms with E-state index < -0.39 is 5.37 Å². The van der Waals surface area contributed by atoms with E-state index in [1.807, 2.05) is 13.8 Å². The summed E-state index contributed by atoms with van der Waals surface area (Å²) in [6.07, 6.45) is 0. The van der Waals surface area contributed by atoms with Gasteiger partial charge in [0, 0.05) is 13.1 Å². The molecule has 0 aromatic heterocycles. The molecule has 2 amide bonds. The number of amides is 2. The fraction of sp³-hybridized carbons (Fsp3) is 0.750. The topological polar surface area (TPSA) is 87.5 Å². The highest BCUT2D eigenvalue weighted by Crippen LogP contribution is 2.19. The summed E-state index contributed by atoms with van der Waals surface area (Å²) in [6.45, 7) is 5.20. The van der Waals surface area contributed by atoms with E-state index in [1.165, 1.54) is 5.01 Å². The van der Waals surface area contributed by atoms with Crippen LogP contribution in [0.2, 0.25) is 0 Å². The highest BCUT2D eigenvalue weighted by molar-refractivity contribution is 8.15. The van der Waals surface area contributed by atoms with Crippen LogP contribution in [0, 0.1) is 0 Å². The molecule has 88 valence electrons. The van der Waals surface area contributed by atoms with Crippen molar-refractivity contribution in [3.63, 3.8) is 0 Å². The lowest BCUT2D eigenvalue weighted by molar-refractivity contribution is -0.121. The fourth-order valence-corrected chi connectivity index (χ4v) is 1.69. The third-order valence-electron chi connectivity index (χ3n) is 1.59. The van der Waals surface area contributed by atoms with E-state index in [0.717, 1.165) is 11.8 Å². The van der Waals surface area contributed by atoms with E-state index in [9.17, 15) is 9.59 Å². The minimum Gasteiger partial charge on any atom is -0.318 e. The average Bonchev–Trinajstić information content (AvgIpc) is 2.57. The van der Waals surface area contributed by atoms with Crippen molar-refractivity contribution in [2.75, 3.05) is 20.1 Å². The lowest BCUT2D eigenvalue weighted by Crippen LogP contribution is -2.46. The summed E-state index contributed by atoms with van der Waals surface area (Å²) in [7, 11) is 1.79. The van der Waals surface area contributed by atoms with Crippen molar-refractivity contribution in [1.82, 2.24) is 15.6 Å². The molecule has 0 saturated carbocycles. The van der Waals surface area contributed by atoms with Crippen LogP contribution >= 0.6 is 11.8 Å². The molecule has 0 bridgehead atoms. The van der Waals surface area contributed by atoms with Crippen molar-refractivity contribution in [2.24, 2.45) is 5.84 Å². The van der Waals surface area contributed by atoms with Crippen LogP contribution in [0.1, 0.15) is 13.8 Å². The first kappa shape index (κ1) is 14.4. The normalized spacial score (nSPS) is 19.9. The van der Waals surface area contributed by atoms with Gasteiger partial charge in [0.1, 0.15) is 0 Å². The van der Waals surface area contributed by atoms with Gasteiger partial charge in [-0.15, -0.1) is 0 Å². The molecular formula is C8H18N4O2S. The Bertz CT molecular complexity index is 225. The standard InChI is InChI=1S/C6H12N4O2S.C2H6/c1-8-2-3-10(7)5-4(11)9-6(12)13-5;1-2/h5,8H,2-3,7H2,1H3,(H,9,11,12);1-2H3. The molecule has 0 aliphatic carbocycles. The number of imide groups is 1. The Labute approximate surface area is 93.9 Å². The first-order valence-electron chi connectivity index (χ1n) is 4.82. The predicted molar refractivity (Wildman–Crippen MR) is 61.1 cm³/mol. The zero-order valence-corrected chi connectivity index (χ0v) is 10.1. The van der Waals surface area contributed by atoms with Gasteiger partial charge in [0.05, 0.1) is 0 Å². The fourth-order valence-electron chi connectivity index (χ4n) is 0.923. The highest BCUT2D eigenvalue weighted by atomic mass is 32.2. The second-order valence-corrected chi connectivity index (χ2v) is 3.64. The minimum absolute atomic E-state index is 0.338. The quantitative estimate of drug-likeness (QED) is 0.458. The average molecular weight is 234 g/mol. The lowest BCUT2D eigenvalue weighted by Gasteiger charge is -2.19. The smallest absolute Gasteiger partial charge is 0.287 e. The van der Waals surface area contributed by atoms with Gasteiger partial charge in [-0.2, -0.15) is 0 Å². The Balaban J connectivity index is 0.000000921. The number of nitrogens with one attached hydrogen (secondary N) is 2. The minimum atomic E-state index is -0.583. The number of nitrogens with two attached hydrogens (primary N) is 1. The zero-order chi connectivity index (χ0) is 11.8. The van der Waals surface area contributed by atoms with Crippen LogP contribution in [-0.4, -0.2) is 41.7 Å². The van der Waals surface area contributed by atoms with Crippen LogP contribution in [0.3, 0.4) is 0 Å². The highest BCUT2D eigenvalue weighted by Gasteiger charge is 2.34. The Hall–Kier alpha value is -0.630. The number of rotatable bonds is 4. The summed E-state index contributed by atoms with van der Waals surface area (Å²) in [5.74, 6) is 5.24. The van der Waals surface area contributed by atoms with Crippen molar-refractivity contribution in [2.45, 2.75) is 19.2 Å². The molecule has 0 aromatic carbocycles. The van der Waals surface area contributed by atoms with E-state index >= 15 is 0 Å². The van der Waals surface area contributed by atoms with E-state index in [-0.39, 0.29) is 11.1 Å². The molecule has 1 fully saturated rings. The Morgan fingerprint density at radius 2 is 2.13 bits per heavy atom. The largest absolute Gasteiger partial charge is 0.318 e. The molecule has 1 saturated heterocycles. The summed E-state index contributed by atoms with van der Waals surface area (Å²) in [6, 6.07) is 0. The van der Waals surface area contributed by atoms with Crippen molar-refractivity contribution in [1.29, 1.82) is 0 Å². The molecule has 0 spiro atoms. The Morgan fingerprint density at radius 3 is 2.53 bits per heavy atom. The lowest BCUT2D eigenvalue weighted by atomic mass is 10.5. The summed E-state index contributed by atoms with van der Waals surface area (Å²) < 4.78 is 0. The van der Waals surface area contributed by atoms with Gasteiger partial charge in [0.2, 0.25) is 0 Å². The Kier molecular flexibility index (Phi) is 7.31. The van der Waals surface area contributed by atoms with E-state index in [4.69, 9.17) is 5.84 Å². The number of hydrogen-bond acceptors (Lipinski definition) is 6. The van der Waals surface area contributed by atoms with E-state index in [1.54, 1.807) is 7.05 Å². The van der Waals surface area contributed by atoms with Gasteiger partial charge in [-0.1, -0.05) is 13.8 Å². The third kappa shape index (κ3) is 4.61. The van der Waals surface area contributed by atoms with Gasteiger partial charge in [-0.05, 0) is 18.8 Å². The summed E-state index contributed by atoms with van der Waals surface area (Å²) >= 11 is 0.906. The third-order valence-corrected chi connectivity index (χ3v) is 2.61. The number of likely N-dealkylation sites (N-methyl/N-ethyl adjacent to an activating group) is 1. The monoisotopic (exact) mass is 234 g/mol. The second kappa shape index (κ2) is 7.63. The van der Waals surface area contributed by atoms with E-state index in [2.05, 4.69) is 10.6 Å². The maximum absolute atomic E-state index is 11.1. The molecule has 1 unspecified atom stereocenters. The number of carbonyl (C=O) groups is 2. The molecule has 0 aromatic rings. The van der Waals surface area contributed by atoms with Crippen LogP contribution < -0.4 is 16.5 Å². The predicted octanol–water partition coefficient (Wildman–Crippen LogP) is -0.283. The van der Waals surface area contributed by atoms with Gasteiger partial charge >= 0.3 is 0 Å². The first-order chi connectivity index (χ1) is 7.15. The molecule has 0 radical (unpaired) electrons. The van der Waals surface area contributed by atoms with Crippen LogP contribution in [0.25, 0.3) is 0 Å². The van der Waals surface area contributed by atoms with Gasteiger partial charge in [-0.3, -0.25) is 20.7 Å². The summed E-state index contributed by atoms with van der Waals surface area (Å²) in [5, 5.41) is 5.50. The molecule has 4 N–H and O–H groups in total. The van der Waals surface area contributed by atoms with Gasteiger partial charge < -0.3 is 5.32 Å². The summed E-state index contributed by atoms with van der Waals surface area (Å²) in [5.41, 5.74) is 0. The molecule has 1 aliphatic heterocycles. The zero-order valence-electron chi connectivity index (χ0n) is 9.24. The maximum atomic E-state index is 11.1. The number of thioether (sulfide) groups is 1. The molecule has 1 atom stereocenters. The Morgan fingerprint density at radius 1 is 1.53 bits per heavy atom. The van der Waals surface area contributed by atoms with Crippen LogP contribution in [-0.2, 0) is 4.79 Å². The number of hydrazine groups is 1. The SMILES string of the molecule is CC.CNCCN(N)C1SC(=O)NC1=O. The molecular weight excluding hydrogens is 216 g/mol. The van der Waals surface area contributed by atoms with Crippen molar-refractivity contribution in [3.8, 4) is 0 Å². The molecule has 1 heterocycles. The first-order valence-corrected chi connectivity index (χ1v) is 5.70. The maximum Gasteiger partial charge on any atom is 0.287 e. The molecule has 1 rings (SSSR count). The van der Waals surface area contributed by atoms with Crippen molar-refractivity contribution < 1.29 is 9.59 Å². The van der Waals surface area contributed by atoms with Crippen LogP contribution in [0.4, 0.5) is 4.79 Å². The van der Waals surface area contributed by atoms with Crippen molar-refractivity contribution >= 4 is 22.9 Å². The number of nitrogens with zero attached hydrogens (tertiary/aromatic N) is 1. The van der Waals surface area contributed by atoms with Crippen molar-refractivity contribution in [3.05, 3.63) is 0 Å². The molecule has 15 heavy (non-hydrogen) atoms. The number of hydrogen-bond donors (Lipinski definition) is 3. The molecule has 6 nitrogen and oxygen atoms in total.